The van der Waals surface area contributed by atoms with Crippen LogP contribution in [0.15, 0.2) is 36.4 Å². The minimum atomic E-state index is -0.121. The van der Waals surface area contributed by atoms with Crippen molar-refractivity contribution < 1.29 is 9.90 Å². The summed E-state index contributed by atoms with van der Waals surface area (Å²) in [5, 5.41) is 12.0. The van der Waals surface area contributed by atoms with Crippen molar-refractivity contribution in [2.45, 2.75) is 26.2 Å². The molecule has 1 N–H and O–H groups in total. The van der Waals surface area contributed by atoms with Crippen LogP contribution in [0, 0.1) is 0 Å². The number of carbonyl (C=O) groups is 1. The van der Waals surface area contributed by atoms with Crippen LogP contribution in [0.5, 0.6) is 5.75 Å². The number of aromatic hydroxyl groups is 1. The number of fused-ring (bicyclic) bond motifs is 1. The first kappa shape index (κ1) is 14.4. The van der Waals surface area contributed by atoms with Gasteiger partial charge >= 0.3 is 0 Å². The predicted molar refractivity (Wildman–Crippen MR) is 82.1 cm³/mol. The van der Waals surface area contributed by atoms with E-state index in [1.54, 1.807) is 18.0 Å². The maximum Gasteiger partial charge on any atom is 0.257 e. The lowest BCUT2D eigenvalue weighted by molar-refractivity contribution is 0.0790. The number of nitrogens with zero attached hydrogens (tertiary/aromatic N) is 1. The number of phenols is 1. The SMILES string of the molecule is CCCCCN(C)C(=O)c1ccc2ccccc2c1O. The summed E-state index contributed by atoms with van der Waals surface area (Å²) in [4.78, 5) is 14.0. The number of rotatable bonds is 5. The van der Waals surface area contributed by atoms with Gasteiger partial charge in [0.05, 0.1) is 5.56 Å². The van der Waals surface area contributed by atoms with Gasteiger partial charge in [-0.15, -0.1) is 0 Å². The maximum atomic E-state index is 12.4. The number of hydrogen-bond donors (Lipinski definition) is 1. The normalized spacial score (nSPS) is 10.7. The zero-order valence-electron chi connectivity index (χ0n) is 12.1. The van der Waals surface area contributed by atoms with Gasteiger partial charge in [0, 0.05) is 19.0 Å². The molecule has 0 spiro atoms. The van der Waals surface area contributed by atoms with Crippen molar-refractivity contribution in [1.82, 2.24) is 4.90 Å². The van der Waals surface area contributed by atoms with E-state index in [1.165, 1.54) is 0 Å². The molecule has 1 amide bonds. The Morgan fingerprint density at radius 1 is 1.15 bits per heavy atom. The number of phenolic OH excluding ortho intramolecular Hbond substituents is 1. The van der Waals surface area contributed by atoms with Gasteiger partial charge in [-0.25, -0.2) is 0 Å². The van der Waals surface area contributed by atoms with E-state index in [1.807, 2.05) is 30.3 Å². The van der Waals surface area contributed by atoms with Crippen LogP contribution in [0.25, 0.3) is 10.8 Å². The molecule has 0 aliphatic rings. The highest BCUT2D eigenvalue weighted by atomic mass is 16.3. The van der Waals surface area contributed by atoms with E-state index in [-0.39, 0.29) is 11.7 Å². The summed E-state index contributed by atoms with van der Waals surface area (Å²) in [5.74, 6) is -0.0419. The number of hydrogen-bond acceptors (Lipinski definition) is 2. The molecule has 2 aromatic rings. The highest BCUT2D eigenvalue weighted by molar-refractivity contribution is 6.03. The van der Waals surface area contributed by atoms with Crippen LogP contribution in [0.2, 0.25) is 0 Å². The molecule has 0 aliphatic carbocycles. The lowest BCUT2D eigenvalue weighted by Crippen LogP contribution is -2.27. The Hall–Kier alpha value is -2.03. The Kier molecular flexibility index (Phi) is 4.61. The van der Waals surface area contributed by atoms with E-state index in [0.29, 0.717) is 5.56 Å². The Balaban J connectivity index is 2.24. The topological polar surface area (TPSA) is 40.5 Å². The molecule has 0 fully saturated rings. The average molecular weight is 271 g/mol. The fourth-order valence-electron chi connectivity index (χ4n) is 2.33. The highest BCUT2D eigenvalue weighted by Gasteiger charge is 2.17. The van der Waals surface area contributed by atoms with E-state index in [4.69, 9.17) is 0 Å². The van der Waals surface area contributed by atoms with Crippen LogP contribution in [-0.4, -0.2) is 29.5 Å². The second-order valence-corrected chi connectivity index (χ2v) is 5.12. The molecule has 2 aromatic carbocycles. The van der Waals surface area contributed by atoms with Gasteiger partial charge in [0.1, 0.15) is 5.75 Å². The second kappa shape index (κ2) is 6.42. The molecule has 20 heavy (non-hydrogen) atoms. The van der Waals surface area contributed by atoms with Crippen molar-refractivity contribution in [2.75, 3.05) is 13.6 Å². The number of amides is 1. The fourth-order valence-corrected chi connectivity index (χ4v) is 2.33. The molecule has 106 valence electrons. The Morgan fingerprint density at radius 3 is 2.65 bits per heavy atom. The molecule has 3 heteroatoms. The fraction of sp³-hybridized carbons (Fsp3) is 0.353. The summed E-state index contributed by atoms with van der Waals surface area (Å²) in [6, 6.07) is 11.1. The molecule has 0 bridgehead atoms. The van der Waals surface area contributed by atoms with Crippen LogP contribution < -0.4 is 0 Å². The minimum absolute atomic E-state index is 0.0791. The number of carbonyl (C=O) groups excluding carboxylic acids is 1. The smallest absolute Gasteiger partial charge is 0.257 e. The van der Waals surface area contributed by atoms with Crippen LogP contribution in [0.4, 0.5) is 0 Å². The zero-order chi connectivity index (χ0) is 14.5. The van der Waals surface area contributed by atoms with Gasteiger partial charge in [-0.1, -0.05) is 50.1 Å². The molecule has 0 saturated heterocycles. The van der Waals surface area contributed by atoms with Crippen LogP contribution in [-0.2, 0) is 0 Å². The van der Waals surface area contributed by atoms with Crippen LogP contribution >= 0.6 is 0 Å². The molecular formula is C17H21NO2. The molecule has 0 aliphatic heterocycles. The van der Waals surface area contributed by atoms with Gasteiger partial charge in [-0.05, 0) is 17.9 Å². The molecule has 0 saturated carbocycles. The summed E-state index contributed by atoms with van der Waals surface area (Å²) in [6.45, 7) is 2.86. The lowest BCUT2D eigenvalue weighted by Gasteiger charge is -2.18. The molecule has 0 aromatic heterocycles. The first-order valence-electron chi connectivity index (χ1n) is 7.11. The van der Waals surface area contributed by atoms with Gasteiger partial charge in [0.15, 0.2) is 0 Å². The standard InChI is InChI=1S/C17H21NO2/c1-3-4-7-12-18(2)17(20)15-11-10-13-8-5-6-9-14(13)16(15)19/h5-6,8-11,19H,3-4,7,12H2,1-2H3. The van der Waals surface area contributed by atoms with Crippen molar-refractivity contribution in [3.63, 3.8) is 0 Å². The third kappa shape index (κ3) is 2.93. The number of unbranched alkanes of at least 4 members (excludes halogenated alkanes) is 2. The van der Waals surface area contributed by atoms with Crippen LogP contribution in [0.3, 0.4) is 0 Å². The summed E-state index contributed by atoms with van der Waals surface area (Å²) < 4.78 is 0. The van der Waals surface area contributed by atoms with Crippen molar-refractivity contribution in [3.8, 4) is 5.75 Å². The second-order valence-electron chi connectivity index (χ2n) is 5.12. The monoisotopic (exact) mass is 271 g/mol. The first-order valence-corrected chi connectivity index (χ1v) is 7.11. The van der Waals surface area contributed by atoms with Gasteiger partial charge < -0.3 is 10.0 Å². The van der Waals surface area contributed by atoms with Crippen molar-refractivity contribution in [3.05, 3.63) is 42.0 Å². The zero-order valence-corrected chi connectivity index (χ0v) is 12.1. The Morgan fingerprint density at radius 2 is 1.90 bits per heavy atom. The largest absolute Gasteiger partial charge is 0.506 e. The van der Waals surface area contributed by atoms with E-state index < -0.39 is 0 Å². The highest BCUT2D eigenvalue weighted by Crippen LogP contribution is 2.29. The van der Waals surface area contributed by atoms with Crippen molar-refractivity contribution in [1.29, 1.82) is 0 Å². The summed E-state index contributed by atoms with van der Waals surface area (Å²) in [7, 11) is 1.78. The van der Waals surface area contributed by atoms with Crippen LogP contribution in [0.1, 0.15) is 36.5 Å². The molecule has 0 unspecified atom stereocenters. The van der Waals surface area contributed by atoms with Gasteiger partial charge in [0.2, 0.25) is 0 Å². The molecule has 0 heterocycles. The molecule has 3 nitrogen and oxygen atoms in total. The van der Waals surface area contributed by atoms with Crippen molar-refractivity contribution in [2.24, 2.45) is 0 Å². The minimum Gasteiger partial charge on any atom is -0.506 e. The van der Waals surface area contributed by atoms with E-state index in [2.05, 4.69) is 6.92 Å². The molecule has 0 atom stereocenters. The van der Waals surface area contributed by atoms with Gasteiger partial charge in [0.25, 0.3) is 5.91 Å². The molecule has 2 rings (SSSR count). The van der Waals surface area contributed by atoms with E-state index in [9.17, 15) is 9.90 Å². The number of benzene rings is 2. The predicted octanol–water partition coefficient (Wildman–Crippen LogP) is 3.81. The van der Waals surface area contributed by atoms with E-state index >= 15 is 0 Å². The quantitative estimate of drug-likeness (QED) is 0.840. The van der Waals surface area contributed by atoms with E-state index in [0.717, 1.165) is 36.6 Å². The molecular weight excluding hydrogens is 250 g/mol. The molecule has 0 radical (unpaired) electrons. The maximum absolute atomic E-state index is 12.4. The third-order valence-corrected chi connectivity index (χ3v) is 3.57. The van der Waals surface area contributed by atoms with Gasteiger partial charge in [-0.2, -0.15) is 0 Å². The Bertz CT molecular complexity index is 607. The first-order chi connectivity index (χ1) is 9.65. The average Bonchev–Trinajstić information content (AvgIpc) is 2.47. The lowest BCUT2D eigenvalue weighted by atomic mass is 10.0. The summed E-state index contributed by atoms with van der Waals surface area (Å²) in [6.07, 6.45) is 3.23. The van der Waals surface area contributed by atoms with Gasteiger partial charge in [-0.3, -0.25) is 4.79 Å². The summed E-state index contributed by atoms with van der Waals surface area (Å²) in [5.41, 5.74) is 0.377. The third-order valence-electron chi connectivity index (χ3n) is 3.57. The van der Waals surface area contributed by atoms with Crippen molar-refractivity contribution >= 4 is 16.7 Å². The Labute approximate surface area is 119 Å². The summed E-state index contributed by atoms with van der Waals surface area (Å²) >= 11 is 0.